The molecule has 1 heterocycles. The third kappa shape index (κ3) is 3.37. The Balaban J connectivity index is 1.75. The standard InChI is InChI=1S/C18H18FN3O2/c1-21-18(23)22(17(20-21)24-2)12-15-5-3-13(4-6-15)11-14-7-9-16(19)10-8-14/h3-10H,11-12H2,1-2H3. The third-order valence-electron chi connectivity index (χ3n) is 3.84. The van der Waals surface area contributed by atoms with E-state index < -0.39 is 0 Å². The van der Waals surface area contributed by atoms with Gasteiger partial charge < -0.3 is 4.74 Å². The highest BCUT2D eigenvalue weighted by Gasteiger charge is 2.11. The maximum Gasteiger partial charge on any atom is 0.348 e. The first-order valence-electron chi connectivity index (χ1n) is 7.57. The van der Waals surface area contributed by atoms with Crippen molar-refractivity contribution in [3.05, 3.63) is 81.5 Å². The monoisotopic (exact) mass is 327 g/mol. The van der Waals surface area contributed by atoms with Gasteiger partial charge in [0.05, 0.1) is 13.7 Å². The van der Waals surface area contributed by atoms with Crippen molar-refractivity contribution in [2.75, 3.05) is 7.11 Å². The fraction of sp³-hybridized carbons (Fsp3) is 0.222. The van der Waals surface area contributed by atoms with Crippen LogP contribution in [0.5, 0.6) is 6.01 Å². The first kappa shape index (κ1) is 16.0. The Morgan fingerprint density at radius 3 is 2.12 bits per heavy atom. The van der Waals surface area contributed by atoms with Crippen LogP contribution >= 0.6 is 0 Å². The van der Waals surface area contributed by atoms with Gasteiger partial charge in [-0.25, -0.2) is 18.4 Å². The molecule has 0 aliphatic heterocycles. The van der Waals surface area contributed by atoms with Crippen LogP contribution in [-0.2, 0) is 20.0 Å². The first-order valence-corrected chi connectivity index (χ1v) is 7.57. The summed E-state index contributed by atoms with van der Waals surface area (Å²) in [5.41, 5.74) is 2.93. The Morgan fingerprint density at radius 1 is 1.00 bits per heavy atom. The molecule has 0 fully saturated rings. The Bertz CT molecular complexity index is 880. The molecule has 3 rings (SSSR count). The van der Waals surface area contributed by atoms with Crippen molar-refractivity contribution >= 4 is 0 Å². The topological polar surface area (TPSA) is 49.1 Å². The molecule has 24 heavy (non-hydrogen) atoms. The molecule has 1 aromatic heterocycles. The van der Waals surface area contributed by atoms with Gasteiger partial charge in [0.15, 0.2) is 0 Å². The zero-order valence-corrected chi connectivity index (χ0v) is 13.6. The lowest BCUT2D eigenvalue weighted by molar-refractivity contribution is 0.357. The van der Waals surface area contributed by atoms with Gasteiger partial charge in [0.1, 0.15) is 5.82 Å². The number of ether oxygens (including phenoxy) is 1. The van der Waals surface area contributed by atoms with Crippen LogP contribution in [0.3, 0.4) is 0 Å². The molecule has 0 aliphatic rings. The summed E-state index contributed by atoms with van der Waals surface area (Å²) in [6.07, 6.45) is 0.733. The van der Waals surface area contributed by atoms with E-state index in [1.54, 1.807) is 19.2 Å². The summed E-state index contributed by atoms with van der Waals surface area (Å²) in [5, 5.41) is 4.02. The van der Waals surface area contributed by atoms with E-state index in [4.69, 9.17) is 4.74 Å². The van der Waals surface area contributed by atoms with Crippen LogP contribution in [0.15, 0.2) is 53.3 Å². The van der Waals surface area contributed by atoms with E-state index in [0.29, 0.717) is 6.54 Å². The van der Waals surface area contributed by atoms with Gasteiger partial charge in [-0.3, -0.25) is 0 Å². The average molecular weight is 327 g/mol. The van der Waals surface area contributed by atoms with Gasteiger partial charge in [-0.1, -0.05) is 36.4 Å². The van der Waals surface area contributed by atoms with Crippen molar-refractivity contribution < 1.29 is 9.13 Å². The number of aromatic nitrogens is 3. The van der Waals surface area contributed by atoms with Gasteiger partial charge in [0.2, 0.25) is 0 Å². The quantitative estimate of drug-likeness (QED) is 0.723. The molecule has 0 amide bonds. The van der Waals surface area contributed by atoms with Gasteiger partial charge in [-0.05, 0) is 35.2 Å². The molecule has 5 nitrogen and oxygen atoms in total. The normalized spacial score (nSPS) is 10.8. The van der Waals surface area contributed by atoms with Crippen LogP contribution in [0, 0.1) is 5.82 Å². The molecule has 0 unspecified atom stereocenters. The van der Waals surface area contributed by atoms with Crippen LogP contribution in [-0.4, -0.2) is 21.5 Å². The Morgan fingerprint density at radius 2 is 1.54 bits per heavy atom. The summed E-state index contributed by atoms with van der Waals surface area (Å²) in [4.78, 5) is 12.0. The maximum atomic E-state index is 12.9. The Kier molecular flexibility index (Phi) is 4.46. The zero-order chi connectivity index (χ0) is 17.1. The summed E-state index contributed by atoms with van der Waals surface area (Å²) >= 11 is 0. The number of aryl methyl sites for hydroxylation is 1. The molecule has 6 heteroatoms. The lowest BCUT2D eigenvalue weighted by Gasteiger charge is -2.06. The van der Waals surface area contributed by atoms with Crippen molar-refractivity contribution in [2.24, 2.45) is 7.05 Å². The molecule has 0 bridgehead atoms. The number of benzene rings is 2. The number of nitrogens with zero attached hydrogens (tertiary/aromatic N) is 3. The Labute approximate surface area is 138 Å². The SMILES string of the molecule is COc1nn(C)c(=O)n1Cc1ccc(Cc2ccc(F)cc2)cc1. The van der Waals surface area contributed by atoms with E-state index >= 15 is 0 Å². The van der Waals surface area contributed by atoms with Crippen LogP contribution in [0.1, 0.15) is 16.7 Å². The van der Waals surface area contributed by atoms with Crippen LogP contribution in [0.2, 0.25) is 0 Å². The van der Waals surface area contributed by atoms with Crippen LogP contribution in [0.25, 0.3) is 0 Å². The minimum atomic E-state index is -0.232. The minimum absolute atomic E-state index is 0.220. The summed E-state index contributed by atoms with van der Waals surface area (Å²) in [5.74, 6) is -0.232. The second-order valence-electron chi connectivity index (χ2n) is 5.60. The number of halogens is 1. The molecule has 0 radical (unpaired) electrons. The van der Waals surface area contributed by atoms with E-state index in [2.05, 4.69) is 5.10 Å². The van der Waals surface area contributed by atoms with E-state index in [9.17, 15) is 9.18 Å². The fourth-order valence-corrected chi connectivity index (χ4v) is 2.55. The van der Waals surface area contributed by atoms with Gasteiger partial charge in [-0.2, -0.15) is 0 Å². The predicted molar refractivity (Wildman–Crippen MR) is 88.8 cm³/mol. The number of rotatable bonds is 5. The second-order valence-corrected chi connectivity index (χ2v) is 5.60. The Hall–Kier alpha value is -2.89. The highest BCUT2D eigenvalue weighted by Crippen LogP contribution is 2.13. The fourth-order valence-electron chi connectivity index (χ4n) is 2.55. The number of hydrogen-bond donors (Lipinski definition) is 0. The molecule has 0 spiro atoms. The zero-order valence-electron chi connectivity index (χ0n) is 13.6. The van der Waals surface area contributed by atoms with Gasteiger partial charge in [-0.15, -0.1) is 5.10 Å². The molecule has 124 valence electrons. The maximum absolute atomic E-state index is 12.9. The summed E-state index contributed by atoms with van der Waals surface area (Å²) in [6.45, 7) is 0.396. The van der Waals surface area contributed by atoms with Crippen LogP contribution in [0.4, 0.5) is 4.39 Å². The summed E-state index contributed by atoms with van der Waals surface area (Å²) in [6, 6.07) is 14.7. The molecule has 2 aromatic carbocycles. The van der Waals surface area contributed by atoms with Crippen molar-refractivity contribution in [3.63, 3.8) is 0 Å². The van der Waals surface area contributed by atoms with Gasteiger partial charge in [0.25, 0.3) is 0 Å². The molecule has 0 saturated carbocycles. The summed E-state index contributed by atoms with van der Waals surface area (Å²) < 4.78 is 20.8. The molecule has 0 N–H and O–H groups in total. The smallest absolute Gasteiger partial charge is 0.348 e. The molecule has 3 aromatic rings. The molecular formula is C18H18FN3O2. The number of hydrogen-bond acceptors (Lipinski definition) is 3. The third-order valence-corrected chi connectivity index (χ3v) is 3.84. The van der Waals surface area contributed by atoms with Crippen molar-refractivity contribution in [1.29, 1.82) is 0 Å². The molecule has 0 atom stereocenters. The van der Waals surface area contributed by atoms with Crippen molar-refractivity contribution in [2.45, 2.75) is 13.0 Å². The van der Waals surface area contributed by atoms with Crippen LogP contribution < -0.4 is 10.4 Å². The highest BCUT2D eigenvalue weighted by molar-refractivity contribution is 5.29. The number of methoxy groups -OCH3 is 1. The van der Waals surface area contributed by atoms with Gasteiger partial charge in [0, 0.05) is 7.05 Å². The average Bonchev–Trinajstić information content (AvgIpc) is 2.86. The van der Waals surface area contributed by atoms with E-state index in [1.165, 1.54) is 28.5 Å². The minimum Gasteiger partial charge on any atom is -0.467 e. The lowest BCUT2D eigenvalue weighted by Crippen LogP contribution is -2.23. The molecular weight excluding hydrogens is 309 g/mol. The highest BCUT2D eigenvalue weighted by atomic mass is 19.1. The predicted octanol–water partition coefficient (Wildman–Crippen LogP) is 2.37. The summed E-state index contributed by atoms with van der Waals surface area (Å²) in [7, 11) is 3.08. The van der Waals surface area contributed by atoms with Crippen molar-refractivity contribution in [1.82, 2.24) is 14.3 Å². The van der Waals surface area contributed by atoms with Crippen molar-refractivity contribution in [3.8, 4) is 6.01 Å². The van der Waals surface area contributed by atoms with E-state index in [1.807, 2.05) is 24.3 Å². The van der Waals surface area contributed by atoms with E-state index in [-0.39, 0.29) is 17.5 Å². The lowest BCUT2D eigenvalue weighted by atomic mass is 10.0. The molecule has 0 aliphatic carbocycles. The van der Waals surface area contributed by atoms with E-state index in [0.717, 1.165) is 23.1 Å². The molecule has 0 saturated heterocycles. The second kappa shape index (κ2) is 6.70. The largest absolute Gasteiger partial charge is 0.467 e. The van der Waals surface area contributed by atoms with Gasteiger partial charge >= 0.3 is 11.7 Å². The first-order chi connectivity index (χ1) is 11.6.